The second-order valence-corrected chi connectivity index (χ2v) is 4.67. The summed E-state index contributed by atoms with van der Waals surface area (Å²) in [6.07, 6.45) is 0.803. The first-order chi connectivity index (χ1) is 6.36. The average Bonchev–Trinajstić information content (AvgIpc) is 2.06. The number of benzene rings is 1. The van der Waals surface area contributed by atoms with E-state index in [4.69, 9.17) is 0 Å². The zero-order valence-corrected chi connectivity index (χ0v) is 8.36. The number of ether oxygens (including phenoxy) is 1. The molecule has 0 saturated heterocycles. The molecule has 0 N–H and O–H groups in total. The van der Waals surface area contributed by atoms with E-state index in [-0.39, 0.29) is 5.75 Å². The lowest BCUT2D eigenvalue weighted by molar-refractivity contribution is 0.380. The fraction of sp³-hybridized carbons (Fsp3) is 0.250. The van der Waals surface area contributed by atoms with Gasteiger partial charge in [-0.05, 0) is 6.07 Å². The third-order valence-corrected chi connectivity index (χ3v) is 2.72. The van der Waals surface area contributed by atoms with Gasteiger partial charge < -0.3 is 4.74 Å². The van der Waals surface area contributed by atoms with E-state index in [0.717, 1.165) is 13.4 Å². The molecule has 0 aliphatic carbocycles. The van der Waals surface area contributed by atoms with Crippen LogP contribution in [0.3, 0.4) is 0 Å². The number of hydrogen-bond donors (Lipinski definition) is 0. The number of sulfone groups is 1. The van der Waals surface area contributed by atoms with Crippen molar-refractivity contribution in [2.75, 3.05) is 13.4 Å². The van der Waals surface area contributed by atoms with Gasteiger partial charge in [0.1, 0.15) is 10.7 Å². The molecule has 3 nitrogen and oxygen atoms in total. The van der Waals surface area contributed by atoms with Gasteiger partial charge in [-0.1, -0.05) is 0 Å². The average molecular weight is 222 g/mol. The second-order valence-electron chi connectivity index (χ2n) is 2.69. The largest absolute Gasteiger partial charge is 0.494 e. The standard InChI is InChI=1S/C8H8F2O3S/c1-13-7-3-6(10)8(4-5(7)9)14(2,11)12/h3-4H,1-2H3. The molecule has 0 aliphatic rings. The molecule has 0 atom stereocenters. The minimum Gasteiger partial charge on any atom is -0.494 e. The molecular weight excluding hydrogens is 214 g/mol. The van der Waals surface area contributed by atoms with Gasteiger partial charge in [-0.3, -0.25) is 0 Å². The summed E-state index contributed by atoms with van der Waals surface area (Å²) in [4.78, 5) is -0.671. The highest BCUT2D eigenvalue weighted by atomic mass is 32.2. The molecule has 0 heterocycles. The molecule has 1 rings (SSSR count). The van der Waals surface area contributed by atoms with E-state index in [1.165, 1.54) is 0 Å². The summed E-state index contributed by atoms with van der Waals surface area (Å²) in [5.41, 5.74) is 0. The lowest BCUT2D eigenvalue weighted by Gasteiger charge is -2.05. The zero-order valence-electron chi connectivity index (χ0n) is 7.54. The Bertz CT molecular complexity index is 454. The van der Waals surface area contributed by atoms with Gasteiger partial charge in [0.2, 0.25) is 0 Å². The van der Waals surface area contributed by atoms with Crippen LogP contribution in [0.5, 0.6) is 5.75 Å². The Labute approximate surface area is 80.2 Å². The Morgan fingerprint density at radius 3 is 2.21 bits per heavy atom. The molecule has 0 radical (unpaired) electrons. The van der Waals surface area contributed by atoms with Crippen LogP contribution in [0.2, 0.25) is 0 Å². The molecule has 0 spiro atoms. The SMILES string of the molecule is COc1cc(F)c(S(C)(=O)=O)cc1F. The molecule has 1 aromatic rings. The Balaban J connectivity index is 3.44. The number of rotatable bonds is 2. The van der Waals surface area contributed by atoms with E-state index in [1.807, 2.05) is 0 Å². The maximum absolute atomic E-state index is 13.1. The van der Waals surface area contributed by atoms with Crippen LogP contribution in [0.25, 0.3) is 0 Å². The van der Waals surface area contributed by atoms with Gasteiger partial charge in [0, 0.05) is 12.3 Å². The predicted octanol–water partition coefficient (Wildman–Crippen LogP) is 1.38. The van der Waals surface area contributed by atoms with Gasteiger partial charge in [0.25, 0.3) is 0 Å². The third-order valence-electron chi connectivity index (χ3n) is 1.61. The van der Waals surface area contributed by atoms with Crippen molar-refractivity contribution in [2.24, 2.45) is 0 Å². The van der Waals surface area contributed by atoms with Crippen molar-refractivity contribution in [3.63, 3.8) is 0 Å². The molecular formula is C8H8F2O3S. The first-order valence-electron chi connectivity index (χ1n) is 3.59. The fourth-order valence-corrected chi connectivity index (χ4v) is 1.68. The summed E-state index contributed by atoms with van der Waals surface area (Å²) in [5, 5.41) is 0. The molecule has 0 amide bonds. The monoisotopic (exact) mass is 222 g/mol. The smallest absolute Gasteiger partial charge is 0.178 e. The molecule has 78 valence electrons. The lowest BCUT2D eigenvalue weighted by atomic mass is 10.3. The molecule has 0 fully saturated rings. The molecule has 1 aromatic carbocycles. The number of halogens is 2. The van der Waals surface area contributed by atoms with E-state index in [0.29, 0.717) is 12.1 Å². The van der Waals surface area contributed by atoms with Crippen LogP contribution in [0, 0.1) is 11.6 Å². The summed E-state index contributed by atoms with van der Waals surface area (Å²) in [6.45, 7) is 0. The van der Waals surface area contributed by atoms with Crippen molar-refractivity contribution < 1.29 is 21.9 Å². The second kappa shape index (κ2) is 3.53. The summed E-state index contributed by atoms with van der Waals surface area (Å²) >= 11 is 0. The quantitative estimate of drug-likeness (QED) is 0.759. The van der Waals surface area contributed by atoms with Gasteiger partial charge >= 0.3 is 0 Å². The van der Waals surface area contributed by atoms with Gasteiger partial charge in [0.05, 0.1) is 7.11 Å². The summed E-state index contributed by atoms with van der Waals surface area (Å²) in [7, 11) is -2.59. The zero-order chi connectivity index (χ0) is 10.9. The molecule has 0 unspecified atom stereocenters. The molecule has 6 heteroatoms. The minimum atomic E-state index is -3.75. The van der Waals surface area contributed by atoms with E-state index >= 15 is 0 Å². The van der Waals surface area contributed by atoms with Crippen molar-refractivity contribution in [3.8, 4) is 5.75 Å². The molecule has 0 aliphatic heterocycles. The van der Waals surface area contributed by atoms with Crippen LogP contribution in [0.15, 0.2) is 17.0 Å². The topological polar surface area (TPSA) is 43.4 Å². The molecule has 14 heavy (non-hydrogen) atoms. The van der Waals surface area contributed by atoms with E-state index in [2.05, 4.69) is 4.74 Å². The Kier molecular flexibility index (Phi) is 2.75. The predicted molar refractivity (Wildman–Crippen MR) is 46.0 cm³/mol. The number of hydrogen-bond acceptors (Lipinski definition) is 3. The summed E-state index contributed by atoms with van der Waals surface area (Å²) in [6, 6.07) is 1.30. The Hall–Kier alpha value is -1.17. The molecule has 0 saturated carbocycles. The van der Waals surface area contributed by atoms with Crippen LogP contribution in [-0.2, 0) is 9.84 Å². The maximum Gasteiger partial charge on any atom is 0.178 e. The highest BCUT2D eigenvalue weighted by Gasteiger charge is 2.17. The van der Waals surface area contributed by atoms with Crippen molar-refractivity contribution in [2.45, 2.75) is 4.90 Å². The summed E-state index contributed by atoms with van der Waals surface area (Å²) < 4.78 is 52.5. The van der Waals surface area contributed by atoms with E-state index in [1.54, 1.807) is 0 Å². The minimum absolute atomic E-state index is 0.324. The summed E-state index contributed by atoms with van der Waals surface area (Å²) in [5.74, 6) is -2.25. The van der Waals surface area contributed by atoms with Gasteiger partial charge in [0.15, 0.2) is 21.4 Å². The van der Waals surface area contributed by atoms with Crippen LogP contribution in [0.4, 0.5) is 8.78 Å². The van der Waals surface area contributed by atoms with Crippen molar-refractivity contribution in [3.05, 3.63) is 23.8 Å². The first-order valence-corrected chi connectivity index (χ1v) is 5.48. The van der Waals surface area contributed by atoms with Crippen LogP contribution in [0.1, 0.15) is 0 Å². The normalized spacial score (nSPS) is 11.4. The van der Waals surface area contributed by atoms with E-state index < -0.39 is 26.4 Å². The highest BCUT2D eigenvalue weighted by Crippen LogP contribution is 2.23. The molecule has 0 bridgehead atoms. The van der Waals surface area contributed by atoms with Gasteiger partial charge in [-0.25, -0.2) is 17.2 Å². The Morgan fingerprint density at radius 1 is 1.21 bits per heavy atom. The highest BCUT2D eigenvalue weighted by molar-refractivity contribution is 7.90. The van der Waals surface area contributed by atoms with Crippen LogP contribution in [-0.4, -0.2) is 21.8 Å². The third kappa shape index (κ3) is 2.01. The lowest BCUT2D eigenvalue weighted by Crippen LogP contribution is -2.02. The van der Waals surface area contributed by atoms with Crippen LogP contribution >= 0.6 is 0 Å². The van der Waals surface area contributed by atoms with Gasteiger partial charge in [-0.15, -0.1) is 0 Å². The van der Waals surface area contributed by atoms with Gasteiger partial charge in [-0.2, -0.15) is 0 Å². The van der Waals surface area contributed by atoms with Crippen molar-refractivity contribution in [1.29, 1.82) is 0 Å². The van der Waals surface area contributed by atoms with Crippen LogP contribution < -0.4 is 4.74 Å². The Morgan fingerprint density at radius 2 is 1.79 bits per heavy atom. The van der Waals surface area contributed by atoms with Crippen molar-refractivity contribution in [1.82, 2.24) is 0 Å². The van der Waals surface area contributed by atoms with E-state index in [9.17, 15) is 17.2 Å². The maximum atomic E-state index is 13.1. The first kappa shape index (κ1) is 10.9. The van der Waals surface area contributed by atoms with Crippen molar-refractivity contribution >= 4 is 9.84 Å². The molecule has 0 aromatic heterocycles. The number of methoxy groups -OCH3 is 1. The fourth-order valence-electron chi connectivity index (χ4n) is 0.951.